The summed E-state index contributed by atoms with van der Waals surface area (Å²) in [5.74, 6) is 0. The average Bonchev–Trinajstić information content (AvgIpc) is 2.85. The molecular weight excluding hydrogens is 314 g/mol. The number of rotatable bonds is 5. The van der Waals surface area contributed by atoms with Crippen LogP contribution in [0.1, 0.15) is 30.5 Å². The molecule has 0 saturated carbocycles. The third kappa shape index (κ3) is 3.16. The number of hydrogen-bond donors (Lipinski definition) is 1. The van der Waals surface area contributed by atoms with Crippen molar-refractivity contribution in [3.63, 3.8) is 0 Å². The van der Waals surface area contributed by atoms with Gasteiger partial charge in [-0.15, -0.1) is 0 Å². The normalized spacial score (nSPS) is 12.6. The second-order valence-electron chi connectivity index (χ2n) is 4.11. The lowest BCUT2D eigenvalue weighted by atomic mass is 10.0. The molecule has 1 unspecified atom stereocenters. The predicted molar refractivity (Wildman–Crippen MR) is 78.0 cm³/mol. The fourth-order valence-electron chi connectivity index (χ4n) is 1.87. The molecule has 0 fully saturated rings. The van der Waals surface area contributed by atoms with E-state index in [9.17, 15) is 0 Å². The highest BCUT2D eigenvalue weighted by Gasteiger charge is 2.17. The van der Waals surface area contributed by atoms with E-state index in [1.165, 1.54) is 0 Å². The van der Waals surface area contributed by atoms with Crippen LogP contribution in [0.5, 0.6) is 0 Å². The van der Waals surface area contributed by atoms with Crippen LogP contribution in [-0.4, -0.2) is 6.54 Å². The first kappa shape index (κ1) is 13.7. The minimum Gasteiger partial charge on any atom is -0.472 e. The molecule has 2 rings (SSSR count). The first-order valence-corrected chi connectivity index (χ1v) is 7.10. The molecule has 0 saturated heterocycles. The van der Waals surface area contributed by atoms with Gasteiger partial charge in [0.2, 0.25) is 0 Å². The summed E-state index contributed by atoms with van der Waals surface area (Å²) in [5.41, 5.74) is 2.15. The third-order valence-electron chi connectivity index (χ3n) is 2.75. The van der Waals surface area contributed by atoms with Crippen molar-refractivity contribution in [2.24, 2.45) is 0 Å². The van der Waals surface area contributed by atoms with Crippen molar-refractivity contribution in [2.45, 2.75) is 19.4 Å². The van der Waals surface area contributed by atoms with Gasteiger partial charge in [0.1, 0.15) is 0 Å². The number of halogens is 2. The molecule has 0 spiro atoms. The van der Waals surface area contributed by atoms with Crippen molar-refractivity contribution in [1.29, 1.82) is 0 Å². The van der Waals surface area contributed by atoms with Crippen LogP contribution >= 0.6 is 27.5 Å². The zero-order valence-corrected chi connectivity index (χ0v) is 12.5. The van der Waals surface area contributed by atoms with E-state index >= 15 is 0 Å². The molecule has 4 heteroatoms. The highest BCUT2D eigenvalue weighted by molar-refractivity contribution is 9.10. The SMILES string of the molecule is CCCNC(c1ccoc1)c1ccc(Br)cc1Cl. The fraction of sp³-hybridized carbons (Fsp3) is 0.286. The summed E-state index contributed by atoms with van der Waals surface area (Å²) in [6.45, 7) is 3.07. The van der Waals surface area contributed by atoms with E-state index < -0.39 is 0 Å². The molecular formula is C14H15BrClNO. The Bertz CT molecular complexity index is 499. The highest BCUT2D eigenvalue weighted by Crippen LogP contribution is 2.30. The zero-order valence-electron chi connectivity index (χ0n) is 10.1. The molecule has 96 valence electrons. The van der Waals surface area contributed by atoms with E-state index in [2.05, 4.69) is 28.2 Å². The fourth-order valence-corrected chi connectivity index (χ4v) is 2.65. The largest absolute Gasteiger partial charge is 0.472 e. The summed E-state index contributed by atoms with van der Waals surface area (Å²) in [6.07, 6.45) is 4.51. The van der Waals surface area contributed by atoms with Crippen LogP contribution in [0.4, 0.5) is 0 Å². The topological polar surface area (TPSA) is 25.2 Å². The molecule has 1 aromatic carbocycles. The standard InChI is InChI=1S/C14H15BrClNO/c1-2-6-17-14(10-5-7-18-9-10)12-4-3-11(15)8-13(12)16/h3-5,7-9,14,17H,2,6H2,1H3. The lowest BCUT2D eigenvalue weighted by molar-refractivity contribution is 0.548. The molecule has 18 heavy (non-hydrogen) atoms. The molecule has 0 amide bonds. The van der Waals surface area contributed by atoms with E-state index in [0.717, 1.165) is 33.6 Å². The van der Waals surface area contributed by atoms with Crippen molar-refractivity contribution in [1.82, 2.24) is 5.32 Å². The molecule has 1 atom stereocenters. The Hall–Kier alpha value is -0.770. The Morgan fingerprint density at radius 2 is 2.22 bits per heavy atom. The van der Waals surface area contributed by atoms with E-state index in [4.69, 9.17) is 16.0 Å². The Labute approximate surface area is 120 Å². The molecule has 0 aliphatic rings. The van der Waals surface area contributed by atoms with E-state index in [-0.39, 0.29) is 6.04 Å². The third-order valence-corrected chi connectivity index (χ3v) is 3.57. The van der Waals surface area contributed by atoms with Gasteiger partial charge in [0.15, 0.2) is 0 Å². The second-order valence-corrected chi connectivity index (χ2v) is 5.43. The molecule has 0 aliphatic heterocycles. The van der Waals surface area contributed by atoms with Crippen LogP contribution in [0.15, 0.2) is 45.7 Å². The van der Waals surface area contributed by atoms with Gasteiger partial charge in [-0.1, -0.05) is 40.5 Å². The summed E-state index contributed by atoms with van der Waals surface area (Å²) < 4.78 is 6.15. The number of nitrogens with one attached hydrogen (secondary N) is 1. The zero-order chi connectivity index (χ0) is 13.0. The number of furan rings is 1. The lowest BCUT2D eigenvalue weighted by Crippen LogP contribution is -2.23. The second kappa shape index (κ2) is 6.41. The number of benzene rings is 1. The van der Waals surface area contributed by atoms with Crippen LogP contribution in [0.3, 0.4) is 0 Å². The lowest BCUT2D eigenvalue weighted by Gasteiger charge is -2.19. The Morgan fingerprint density at radius 1 is 1.39 bits per heavy atom. The molecule has 0 radical (unpaired) electrons. The quantitative estimate of drug-likeness (QED) is 0.854. The van der Waals surface area contributed by atoms with Gasteiger partial charge in [-0.25, -0.2) is 0 Å². The molecule has 0 bridgehead atoms. The van der Waals surface area contributed by atoms with Crippen molar-refractivity contribution in [2.75, 3.05) is 6.54 Å². The van der Waals surface area contributed by atoms with Gasteiger partial charge in [-0.3, -0.25) is 0 Å². The average molecular weight is 329 g/mol. The maximum Gasteiger partial charge on any atom is 0.0953 e. The van der Waals surface area contributed by atoms with Crippen LogP contribution in [-0.2, 0) is 0 Å². The van der Waals surface area contributed by atoms with Crippen LogP contribution < -0.4 is 5.32 Å². The van der Waals surface area contributed by atoms with Gasteiger partial charge in [0.05, 0.1) is 18.6 Å². The molecule has 2 nitrogen and oxygen atoms in total. The smallest absolute Gasteiger partial charge is 0.0953 e. The summed E-state index contributed by atoms with van der Waals surface area (Å²) >= 11 is 9.74. The summed E-state index contributed by atoms with van der Waals surface area (Å²) in [6, 6.07) is 7.99. The maximum atomic E-state index is 6.32. The first-order valence-electron chi connectivity index (χ1n) is 5.92. The Morgan fingerprint density at radius 3 is 2.83 bits per heavy atom. The maximum absolute atomic E-state index is 6.32. The summed E-state index contributed by atoms with van der Waals surface area (Å²) in [5, 5.41) is 4.24. The van der Waals surface area contributed by atoms with Gasteiger partial charge in [-0.2, -0.15) is 0 Å². The van der Waals surface area contributed by atoms with Crippen molar-refractivity contribution in [3.05, 3.63) is 57.4 Å². The molecule has 0 aliphatic carbocycles. The van der Waals surface area contributed by atoms with Gasteiger partial charge in [0.25, 0.3) is 0 Å². The van der Waals surface area contributed by atoms with Gasteiger partial charge in [0, 0.05) is 15.1 Å². The van der Waals surface area contributed by atoms with Gasteiger partial charge < -0.3 is 9.73 Å². The van der Waals surface area contributed by atoms with Crippen molar-refractivity contribution in [3.8, 4) is 0 Å². The highest BCUT2D eigenvalue weighted by atomic mass is 79.9. The van der Waals surface area contributed by atoms with Crippen molar-refractivity contribution >= 4 is 27.5 Å². The minimum atomic E-state index is 0.0734. The first-order chi connectivity index (χ1) is 8.72. The monoisotopic (exact) mass is 327 g/mol. The minimum absolute atomic E-state index is 0.0734. The van der Waals surface area contributed by atoms with Crippen LogP contribution in [0.25, 0.3) is 0 Å². The van der Waals surface area contributed by atoms with Gasteiger partial charge in [-0.05, 0) is 36.7 Å². The predicted octanol–water partition coefficient (Wildman–Crippen LogP) is 4.78. The Kier molecular flexibility index (Phi) is 4.87. The summed E-state index contributed by atoms with van der Waals surface area (Å²) in [7, 11) is 0. The van der Waals surface area contributed by atoms with Gasteiger partial charge >= 0.3 is 0 Å². The van der Waals surface area contributed by atoms with E-state index in [1.54, 1.807) is 12.5 Å². The van der Waals surface area contributed by atoms with E-state index in [1.807, 2.05) is 24.3 Å². The molecule has 2 aromatic rings. The molecule has 1 aromatic heterocycles. The molecule has 1 heterocycles. The van der Waals surface area contributed by atoms with Crippen LogP contribution in [0, 0.1) is 0 Å². The molecule has 1 N–H and O–H groups in total. The van der Waals surface area contributed by atoms with Crippen LogP contribution in [0.2, 0.25) is 5.02 Å². The number of hydrogen-bond acceptors (Lipinski definition) is 2. The summed E-state index contributed by atoms with van der Waals surface area (Å²) in [4.78, 5) is 0. The Balaban J connectivity index is 2.33. The van der Waals surface area contributed by atoms with E-state index in [0.29, 0.717) is 0 Å². The van der Waals surface area contributed by atoms with Crippen molar-refractivity contribution < 1.29 is 4.42 Å².